The first-order chi connectivity index (χ1) is 13.7. The van der Waals surface area contributed by atoms with Crippen LogP contribution in [0.3, 0.4) is 0 Å². The fourth-order valence-electron chi connectivity index (χ4n) is 4.21. The Labute approximate surface area is 166 Å². The van der Waals surface area contributed by atoms with Crippen LogP contribution in [0.5, 0.6) is 0 Å². The van der Waals surface area contributed by atoms with Crippen molar-refractivity contribution in [2.24, 2.45) is 0 Å². The molecule has 152 valence electrons. The van der Waals surface area contributed by atoms with Crippen molar-refractivity contribution in [1.82, 2.24) is 5.32 Å². The largest absolute Gasteiger partial charge is 0.383 e. The first-order valence-electron chi connectivity index (χ1n) is 10.0. The van der Waals surface area contributed by atoms with Crippen LogP contribution in [0.4, 0.5) is 11.4 Å². The molecule has 2 fully saturated rings. The Morgan fingerprint density at radius 2 is 2.11 bits per heavy atom. The fourth-order valence-corrected chi connectivity index (χ4v) is 4.21. The van der Waals surface area contributed by atoms with E-state index in [1.54, 1.807) is 7.11 Å². The highest BCUT2D eigenvalue weighted by Crippen LogP contribution is 2.42. The zero-order valence-corrected chi connectivity index (χ0v) is 16.6. The van der Waals surface area contributed by atoms with Gasteiger partial charge in [0.2, 0.25) is 0 Å². The zero-order valence-electron chi connectivity index (χ0n) is 16.6. The van der Waals surface area contributed by atoms with Crippen LogP contribution in [0.1, 0.15) is 25.3 Å². The van der Waals surface area contributed by atoms with Gasteiger partial charge in [0.15, 0.2) is 0 Å². The van der Waals surface area contributed by atoms with Gasteiger partial charge in [-0.3, -0.25) is 4.79 Å². The number of carbonyl (C=O) groups is 1. The lowest BCUT2D eigenvalue weighted by molar-refractivity contribution is -0.113. The van der Waals surface area contributed by atoms with E-state index in [1.165, 1.54) is 0 Å². The lowest BCUT2D eigenvalue weighted by Crippen LogP contribution is -2.42. The van der Waals surface area contributed by atoms with E-state index >= 15 is 0 Å². The van der Waals surface area contributed by atoms with Crippen molar-refractivity contribution in [3.63, 3.8) is 0 Å². The quantitative estimate of drug-likeness (QED) is 0.753. The first kappa shape index (κ1) is 19.2. The number of morpholine rings is 1. The molecule has 2 N–H and O–H groups in total. The number of rotatable bonds is 5. The molecule has 3 aliphatic heterocycles. The van der Waals surface area contributed by atoms with Gasteiger partial charge in [-0.15, -0.1) is 0 Å². The van der Waals surface area contributed by atoms with Crippen LogP contribution < -0.4 is 15.5 Å². The number of anilines is 2. The predicted molar refractivity (Wildman–Crippen MR) is 108 cm³/mol. The van der Waals surface area contributed by atoms with E-state index in [1.807, 2.05) is 11.0 Å². The normalized spacial score (nSPS) is 24.1. The minimum Gasteiger partial charge on any atom is -0.383 e. The van der Waals surface area contributed by atoms with Gasteiger partial charge in [-0.2, -0.15) is 0 Å². The van der Waals surface area contributed by atoms with Crippen LogP contribution in [-0.4, -0.2) is 64.7 Å². The predicted octanol–water partition coefficient (Wildman–Crippen LogP) is 1.99. The molecule has 7 nitrogen and oxygen atoms in total. The summed E-state index contributed by atoms with van der Waals surface area (Å²) in [6.07, 6.45) is 1.73. The van der Waals surface area contributed by atoms with Gasteiger partial charge in [-0.25, -0.2) is 0 Å². The molecule has 0 saturated carbocycles. The number of benzene rings is 1. The van der Waals surface area contributed by atoms with E-state index in [-0.39, 0.29) is 18.0 Å². The van der Waals surface area contributed by atoms with E-state index in [0.29, 0.717) is 33.0 Å². The summed E-state index contributed by atoms with van der Waals surface area (Å²) in [6.45, 7) is 5.93. The molecule has 28 heavy (non-hydrogen) atoms. The van der Waals surface area contributed by atoms with Gasteiger partial charge in [0.25, 0.3) is 5.91 Å². The Morgan fingerprint density at radius 3 is 2.82 bits per heavy atom. The molecule has 0 aromatic heterocycles. The Morgan fingerprint density at radius 1 is 1.29 bits per heavy atom. The van der Waals surface area contributed by atoms with Gasteiger partial charge < -0.3 is 29.7 Å². The van der Waals surface area contributed by atoms with Crippen molar-refractivity contribution in [1.29, 1.82) is 0 Å². The molecule has 0 radical (unpaired) electrons. The van der Waals surface area contributed by atoms with Crippen LogP contribution in [0, 0.1) is 0 Å². The zero-order chi connectivity index (χ0) is 19.5. The van der Waals surface area contributed by atoms with Gasteiger partial charge in [-0.05, 0) is 38.0 Å². The summed E-state index contributed by atoms with van der Waals surface area (Å²) in [7, 11) is 1.70. The van der Waals surface area contributed by atoms with Crippen LogP contribution in [0.15, 0.2) is 23.9 Å². The number of fused-ring (bicyclic) bond motifs is 1. The van der Waals surface area contributed by atoms with Gasteiger partial charge in [0, 0.05) is 50.2 Å². The number of ether oxygens (including phenoxy) is 3. The highest BCUT2D eigenvalue weighted by Gasteiger charge is 2.39. The van der Waals surface area contributed by atoms with Crippen LogP contribution >= 0.6 is 0 Å². The summed E-state index contributed by atoms with van der Waals surface area (Å²) >= 11 is 0. The number of hydrogen-bond acceptors (Lipinski definition) is 6. The lowest BCUT2D eigenvalue weighted by atomic mass is 10.0. The van der Waals surface area contributed by atoms with E-state index in [9.17, 15) is 4.79 Å². The second-order valence-corrected chi connectivity index (χ2v) is 7.58. The van der Waals surface area contributed by atoms with Gasteiger partial charge in [0.05, 0.1) is 36.8 Å². The number of nitrogens with one attached hydrogen (secondary N) is 2. The van der Waals surface area contributed by atoms with Crippen molar-refractivity contribution in [2.45, 2.75) is 31.8 Å². The molecule has 0 spiro atoms. The summed E-state index contributed by atoms with van der Waals surface area (Å²) in [4.78, 5) is 15.5. The van der Waals surface area contributed by atoms with Crippen molar-refractivity contribution in [3.05, 3.63) is 29.5 Å². The second kappa shape index (κ2) is 8.51. The molecule has 3 heterocycles. The summed E-state index contributed by atoms with van der Waals surface area (Å²) in [5.41, 5.74) is 4.56. The molecule has 3 aliphatic rings. The number of nitrogens with zero attached hydrogens (tertiary/aromatic N) is 1. The maximum atomic E-state index is 13.5. The van der Waals surface area contributed by atoms with Gasteiger partial charge in [0.1, 0.15) is 0 Å². The maximum absolute atomic E-state index is 13.5. The highest BCUT2D eigenvalue weighted by atomic mass is 16.5. The molecule has 2 saturated heterocycles. The highest BCUT2D eigenvalue weighted by molar-refractivity contribution is 6.33. The molecule has 7 heteroatoms. The average Bonchev–Trinajstić information content (AvgIpc) is 3.00. The van der Waals surface area contributed by atoms with Crippen LogP contribution in [0.2, 0.25) is 0 Å². The Balaban J connectivity index is 1.72. The number of hydrogen-bond donors (Lipinski definition) is 2. The summed E-state index contributed by atoms with van der Waals surface area (Å²) < 4.78 is 16.4. The third kappa shape index (κ3) is 3.74. The number of methoxy groups -OCH3 is 1. The van der Waals surface area contributed by atoms with Crippen LogP contribution in [0.25, 0.3) is 5.57 Å². The van der Waals surface area contributed by atoms with Crippen molar-refractivity contribution >= 4 is 22.9 Å². The first-order valence-corrected chi connectivity index (χ1v) is 10.0. The molecule has 1 aromatic rings. The SMILES string of the molecule is COCC(C)Nc1ccc2c(c1)/C(=C1\COCCN1)C(=O)N2C1CCOCC1. The standard InChI is InChI=1S/C21H29N3O4/c1-14(12-26-2)23-15-3-4-19-17(11-15)20(18-13-28-10-7-22-18)21(25)24(19)16-5-8-27-9-6-16/h3-4,11,14,16,22-23H,5-10,12-13H2,1-2H3/b20-18-. The number of amides is 1. The molecule has 0 aliphatic carbocycles. The van der Waals surface area contributed by atoms with E-state index in [2.05, 4.69) is 29.7 Å². The topological polar surface area (TPSA) is 72.1 Å². The Kier molecular flexibility index (Phi) is 5.85. The third-order valence-corrected chi connectivity index (χ3v) is 5.48. The fraction of sp³-hybridized carbons (Fsp3) is 0.571. The Hall–Kier alpha value is -2.09. The summed E-state index contributed by atoms with van der Waals surface area (Å²) in [5, 5.41) is 6.83. The van der Waals surface area contributed by atoms with Crippen molar-refractivity contribution in [3.8, 4) is 0 Å². The number of carbonyl (C=O) groups excluding carboxylic acids is 1. The molecular formula is C21H29N3O4. The van der Waals surface area contributed by atoms with Gasteiger partial charge in [-0.1, -0.05) is 0 Å². The molecule has 0 bridgehead atoms. The molecule has 1 unspecified atom stereocenters. The molecule has 1 aromatic carbocycles. The molecular weight excluding hydrogens is 358 g/mol. The van der Waals surface area contributed by atoms with Crippen molar-refractivity contribution in [2.75, 3.05) is 56.9 Å². The van der Waals surface area contributed by atoms with E-state index < -0.39 is 0 Å². The van der Waals surface area contributed by atoms with Crippen LogP contribution in [-0.2, 0) is 19.0 Å². The second-order valence-electron chi connectivity index (χ2n) is 7.58. The minimum absolute atomic E-state index is 0.0667. The monoisotopic (exact) mass is 387 g/mol. The Bertz CT molecular complexity index is 750. The average molecular weight is 387 g/mol. The van der Waals surface area contributed by atoms with Gasteiger partial charge >= 0.3 is 0 Å². The lowest BCUT2D eigenvalue weighted by Gasteiger charge is -2.31. The maximum Gasteiger partial charge on any atom is 0.261 e. The molecule has 1 amide bonds. The van der Waals surface area contributed by atoms with E-state index in [0.717, 1.165) is 47.6 Å². The minimum atomic E-state index is 0.0667. The summed E-state index contributed by atoms with van der Waals surface area (Å²) in [5.74, 6) is 0.0667. The van der Waals surface area contributed by atoms with E-state index in [4.69, 9.17) is 14.2 Å². The van der Waals surface area contributed by atoms with Crippen molar-refractivity contribution < 1.29 is 19.0 Å². The smallest absolute Gasteiger partial charge is 0.261 e. The summed E-state index contributed by atoms with van der Waals surface area (Å²) in [6, 6.07) is 6.54. The molecule has 4 rings (SSSR count). The third-order valence-electron chi connectivity index (χ3n) is 5.48. The molecule has 1 atom stereocenters.